The highest BCUT2D eigenvalue weighted by Crippen LogP contribution is 2.27. The molecule has 2 aromatic carbocycles. The summed E-state index contributed by atoms with van der Waals surface area (Å²) in [5.74, 6) is 0.0236. The molecule has 0 spiro atoms. The first-order valence-corrected chi connectivity index (χ1v) is 6.25. The Kier molecular flexibility index (Phi) is 4.27. The summed E-state index contributed by atoms with van der Waals surface area (Å²) in [6.45, 7) is 1.88. The van der Waals surface area contributed by atoms with Crippen LogP contribution in [-0.4, -0.2) is 11.2 Å². The van der Waals surface area contributed by atoms with Crippen LogP contribution in [0.1, 0.15) is 11.1 Å². The van der Waals surface area contributed by atoms with Gasteiger partial charge in [-0.25, -0.2) is 9.18 Å². The second kappa shape index (κ2) is 6.13. The minimum atomic E-state index is -1.15. The molecule has 0 radical (unpaired) electrons. The third kappa shape index (κ3) is 3.85. The minimum Gasteiger partial charge on any atom is -0.465 e. The average molecular weight is 290 g/mol. The molecule has 4 N–H and O–H groups in total. The van der Waals surface area contributed by atoms with Gasteiger partial charge in [0, 0.05) is 12.2 Å². The number of halogens is 1. The van der Waals surface area contributed by atoms with E-state index in [-0.39, 0.29) is 12.3 Å². The summed E-state index contributed by atoms with van der Waals surface area (Å²) in [6, 6.07) is 9.32. The normalized spacial score (nSPS) is 10.2. The van der Waals surface area contributed by atoms with Gasteiger partial charge < -0.3 is 20.9 Å². The molecule has 0 atom stereocenters. The van der Waals surface area contributed by atoms with Gasteiger partial charge in [-0.1, -0.05) is 6.07 Å². The summed E-state index contributed by atoms with van der Waals surface area (Å²) in [5.41, 5.74) is 7.62. The van der Waals surface area contributed by atoms with Crippen molar-refractivity contribution in [1.82, 2.24) is 5.32 Å². The molecular formula is C15H15FN2O3. The number of carbonyl (C=O) groups is 1. The Morgan fingerprint density at radius 2 is 2.10 bits per heavy atom. The largest absolute Gasteiger partial charge is 0.465 e. The summed E-state index contributed by atoms with van der Waals surface area (Å²) in [7, 11) is 0. The van der Waals surface area contributed by atoms with Crippen LogP contribution in [0.2, 0.25) is 0 Å². The lowest BCUT2D eigenvalue weighted by Crippen LogP contribution is -2.20. The lowest BCUT2D eigenvalue weighted by molar-refractivity contribution is 0.194. The van der Waals surface area contributed by atoms with Crippen molar-refractivity contribution in [3.63, 3.8) is 0 Å². The van der Waals surface area contributed by atoms with Crippen LogP contribution in [-0.2, 0) is 6.54 Å². The molecule has 0 saturated heterocycles. The standard InChI is InChI=1S/C15H15FN2O3/c1-9-2-4-12(16)14(6-9)21-11-3-5-13(17)10(7-11)8-18-15(19)20/h2-7,18H,8,17H2,1H3,(H,19,20). The lowest BCUT2D eigenvalue weighted by atomic mass is 10.1. The van der Waals surface area contributed by atoms with Gasteiger partial charge in [-0.15, -0.1) is 0 Å². The summed E-state index contributed by atoms with van der Waals surface area (Å²) >= 11 is 0. The van der Waals surface area contributed by atoms with E-state index < -0.39 is 11.9 Å². The van der Waals surface area contributed by atoms with Gasteiger partial charge in [0.25, 0.3) is 0 Å². The second-order valence-corrected chi connectivity index (χ2v) is 4.56. The fourth-order valence-corrected chi connectivity index (χ4v) is 1.79. The van der Waals surface area contributed by atoms with Crippen molar-refractivity contribution in [2.75, 3.05) is 5.73 Å². The van der Waals surface area contributed by atoms with E-state index in [1.807, 2.05) is 6.92 Å². The zero-order valence-corrected chi connectivity index (χ0v) is 11.4. The maximum Gasteiger partial charge on any atom is 0.404 e. The molecule has 0 bridgehead atoms. The Bertz CT molecular complexity index is 674. The highest BCUT2D eigenvalue weighted by molar-refractivity contribution is 5.65. The number of nitrogen functional groups attached to an aromatic ring is 1. The van der Waals surface area contributed by atoms with Crippen LogP contribution in [0.3, 0.4) is 0 Å². The molecule has 0 fully saturated rings. The van der Waals surface area contributed by atoms with Crippen molar-refractivity contribution in [1.29, 1.82) is 0 Å². The van der Waals surface area contributed by atoms with Gasteiger partial charge in [0.1, 0.15) is 5.75 Å². The minimum absolute atomic E-state index is 0.0503. The Morgan fingerprint density at radius 1 is 1.33 bits per heavy atom. The Balaban J connectivity index is 2.22. The molecule has 0 unspecified atom stereocenters. The molecule has 21 heavy (non-hydrogen) atoms. The van der Waals surface area contributed by atoms with Crippen molar-refractivity contribution in [2.45, 2.75) is 13.5 Å². The second-order valence-electron chi connectivity index (χ2n) is 4.56. The van der Waals surface area contributed by atoms with E-state index in [9.17, 15) is 9.18 Å². The molecule has 0 heterocycles. The van der Waals surface area contributed by atoms with Crippen LogP contribution in [0.15, 0.2) is 36.4 Å². The van der Waals surface area contributed by atoms with Crippen molar-refractivity contribution in [3.05, 3.63) is 53.3 Å². The fourth-order valence-electron chi connectivity index (χ4n) is 1.79. The predicted octanol–water partition coefficient (Wildman–Crippen LogP) is 3.28. The monoisotopic (exact) mass is 290 g/mol. The van der Waals surface area contributed by atoms with Crippen LogP contribution in [0.4, 0.5) is 14.9 Å². The molecule has 5 nitrogen and oxygen atoms in total. The first-order valence-electron chi connectivity index (χ1n) is 6.25. The number of amides is 1. The van der Waals surface area contributed by atoms with Crippen molar-refractivity contribution >= 4 is 11.8 Å². The number of benzene rings is 2. The number of nitrogens with one attached hydrogen (secondary N) is 1. The van der Waals surface area contributed by atoms with Crippen LogP contribution >= 0.6 is 0 Å². The number of anilines is 1. The van der Waals surface area contributed by atoms with E-state index in [0.29, 0.717) is 17.0 Å². The molecule has 6 heteroatoms. The highest BCUT2D eigenvalue weighted by Gasteiger charge is 2.08. The van der Waals surface area contributed by atoms with Crippen molar-refractivity contribution in [3.8, 4) is 11.5 Å². The number of rotatable bonds is 4. The van der Waals surface area contributed by atoms with Gasteiger partial charge in [-0.2, -0.15) is 0 Å². The maximum atomic E-state index is 13.6. The van der Waals surface area contributed by atoms with Crippen molar-refractivity contribution < 1.29 is 19.0 Å². The van der Waals surface area contributed by atoms with E-state index in [0.717, 1.165) is 5.56 Å². The van der Waals surface area contributed by atoms with Gasteiger partial charge in [-0.3, -0.25) is 0 Å². The zero-order chi connectivity index (χ0) is 15.4. The summed E-state index contributed by atoms with van der Waals surface area (Å²) in [5, 5.41) is 10.8. The molecule has 0 aromatic heterocycles. The van der Waals surface area contributed by atoms with E-state index in [1.54, 1.807) is 30.3 Å². The zero-order valence-electron chi connectivity index (χ0n) is 11.4. The van der Waals surface area contributed by atoms with E-state index in [1.165, 1.54) is 6.07 Å². The lowest BCUT2D eigenvalue weighted by Gasteiger charge is -2.11. The molecule has 2 rings (SSSR count). The number of aryl methyl sites for hydroxylation is 1. The molecule has 0 aliphatic heterocycles. The average Bonchev–Trinajstić information content (AvgIpc) is 2.43. The van der Waals surface area contributed by atoms with Gasteiger partial charge in [0.15, 0.2) is 11.6 Å². The smallest absolute Gasteiger partial charge is 0.404 e. The van der Waals surface area contributed by atoms with Gasteiger partial charge in [0.2, 0.25) is 0 Å². The molecular weight excluding hydrogens is 275 g/mol. The van der Waals surface area contributed by atoms with E-state index in [4.69, 9.17) is 15.6 Å². The molecule has 0 aliphatic rings. The number of nitrogens with two attached hydrogens (primary N) is 1. The van der Waals surface area contributed by atoms with Crippen LogP contribution in [0, 0.1) is 12.7 Å². The summed E-state index contributed by atoms with van der Waals surface area (Å²) in [6.07, 6.45) is -1.15. The predicted molar refractivity (Wildman–Crippen MR) is 76.9 cm³/mol. The van der Waals surface area contributed by atoms with E-state index >= 15 is 0 Å². The van der Waals surface area contributed by atoms with Crippen LogP contribution in [0.5, 0.6) is 11.5 Å². The third-order valence-corrected chi connectivity index (χ3v) is 2.86. The fraction of sp³-hybridized carbons (Fsp3) is 0.133. The molecule has 110 valence electrons. The maximum absolute atomic E-state index is 13.6. The van der Waals surface area contributed by atoms with Crippen LogP contribution < -0.4 is 15.8 Å². The Morgan fingerprint density at radius 3 is 2.81 bits per heavy atom. The SMILES string of the molecule is Cc1ccc(F)c(Oc2ccc(N)c(CNC(=O)O)c2)c1. The number of hydrogen-bond donors (Lipinski definition) is 3. The quantitative estimate of drug-likeness (QED) is 0.754. The molecule has 2 aromatic rings. The summed E-state index contributed by atoms with van der Waals surface area (Å²) in [4.78, 5) is 10.5. The summed E-state index contributed by atoms with van der Waals surface area (Å²) < 4.78 is 19.1. The molecule has 0 saturated carbocycles. The number of hydrogen-bond acceptors (Lipinski definition) is 3. The number of carboxylic acid groups (broad SMARTS) is 1. The van der Waals surface area contributed by atoms with E-state index in [2.05, 4.69) is 5.32 Å². The molecule has 0 aliphatic carbocycles. The van der Waals surface area contributed by atoms with Gasteiger partial charge in [0.05, 0.1) is 0 Å². The Labute approximate surface area is 121 Å². The van der Waals surface area contributed by atoms with Gasteiger partial charge >= 0.3 is 6.09 Å². The Hall–Kier alpha value is -2.76. The van der Waals surface area contributed by atoms with Gasteiger partial charge in [-0.05, 0) is 48.4 Å². The topological polar surface area (TPSA) is 84.6 Å². The highest BCUT2D eigenvalue weighted by atomic mass is 19.1. The first kappa shape index (κ1) is 14.6. The number of ether oxygens (including phenoxy) is 1. The third-order valence-electron chi connectivity index (χ3n) is 2.86. The van der Waals surface area contributed by atoms with Crippen LogP contribution in [0.25, 0.3) is 0 Å². The first-order chi connectivity index (χ1) is 9.95. The van der Waals surface area contributed by atoms with Crippen molar-refractivity contribution in [2.24, 2.45) is 0 Å². The molecule has 1 amide bonds.